The van der Waals surface area contributed by atoms with E-state index in [1.807, 2.05) is 0 Å². The molecule has 0 saturated heterocycles. The van der Waals surface area contributed by atoms with Crippen molar-refractivity contribution in [1.82, 2.24) is 0 Å². The number of ether oxygens (including phenoxy) is 3. The molecule has 0 aliphatic carbocycles. The number of phosphoric ester groups is 2. The molecule has 0 saturated carbocycles. The minimum absolute atomic E-state index is 0.0723. The molecule has 18 heteroatoms. The molecule has 0 aromatic carbocycles. The van der Waals surface area contributed by atoms with Crippen molar-refractivity contribution < 1.29 is 75.8 Å². The molecule has 0 aromatic rings. The Kier molecular flexibility index (Phi) is 79.0. The maximum atomic E-state index is 13.0. The number of allylic oxidation sites excluding steroid dienone is 26. The first-order valence-electron chi connectivity index (χ1n) is 42.8. The fourth-order valence-electron chi connectivity index (χ4n) is 11.3. The van der Waals surface area contributed by atoms with Crippen molar-refractivity contribution in [3.8, 4) is 0 Å². The van der Waals surface area contributed by atoms with Crippen LogP contribution in [0.25, 0.3) is 0 Å². The molecule has 0 rings (SSSR count). The third-order valence-electron chi connectivity index (χ3n) is 17.7. The van der Waals surface area contributed by atoms with Crippen LogP contribution in [0.2, 0.25) is 0 Å². The molecule has 0 aliphatic heterocycles. The van der Waals surface area contributed by atoms with E-state index in [1.165, 1.54) is 122 Å². The summed E-state index contributed by atoms with van der Waals surface area (Å²) in [6.45, 7) is 2.41. The van der Waals surface area contributed by atoms with Crippen molar-refractivity contribution in [2.45, 2.75) is 360 Å². The van der Waals surface area contributed by atoms with Crippen LogP contribution in [0.4, 0.5) is 0 Å². The second kappa shape index (κ2) is 82.6. The van der Waals surface area contributed by atoms with Gasteiger partial charge in [0.05, 0.1) is 26.4 Å². The smallest absolute Gasteiger partial charge is 0.463 e. The van der Waals surface area contributed by atoms with Crippen molar-refractivity contribution in [2.75, 3.05) is 39.6 Å². The van der Waals surface area contributed by atoms with Gasteiger partial charge in [0, 0.05) is 19.3 Å². The van der Waals surface area contributed by atoms with Crippen LogP contribution in [0.15, 0.2) is 158 Å². The van der Waals surface area contributed by atoms with Gasteiger partial charge in [-0.15, -0.1) is 0 Å². The van der Waals surface area contributed by atoms with Crippen molar-refractivity contribution in [1.29, 1.82) is 0 Å². The van der Waals surface area contributed by atoms with E-state index in [9.17, 15) is 43.5 Å². The number of rotatable bonds is 80. The standard InChI is InChI=1S/C91H154O16P2/c1-4-7-10-13-16-19-22-25-28-31-33-35-37-39-41-42-44-46-47-49-51-54-56-59-62-65-68-71-74-77-89(94)101-80-86(92)81-103-108(97,98)104-82-87(93)83-105-109(99,100)106-85-88(107-91(96)79-76-73-70-67-64-61-58-53-30-27-24-21-18-15-12-9-6-3)84-102-90(95)78-75-72-69-66-63-60-57-55-52-50-48-45-43-40-38-36-34-32-29-26-23-20-17-14-11-8-5-2/h7,9-10,12,16-21,25-30,33-36,39-41,43,58,61,86-88,92-93H,4-6,8,11,13-15,22-24,31-32,37-38,42,44-57,59-60,62-85H2,1-3H3,(H,97,98)(H,99,100)/b10-7-,12-9-,19-16-,20-17-,21-18-,28-25-,29-26-,30-27-,35-33-,36-34-,41-39-,43-40-,61-58-. The van der Waals surface area contributed by atoms with Crippen LogP contribution in [-0.4, -0.2) is 95.9 Å². The molecule has 0 heterocycles. The topological polar surface area (TPSA) is 231 Å². The number of esters is 3. The third-order valence-corrected chi connectivity index (χ3v) is 19.6. The lowest BCUT2D eigenvalue weighted by atomic mass is 10.0. The van der Waals surface area contributed by atoms with Crippen LogP contribution in [0.3, 0.4) is 0 Å². The van der Waals surface area contributed by atoms with Gasteiger partial charge in [-0.2, -0.15) is 0 Å². The number of carbonyl (C=O) groups excluding carboxylic acids is 3. The number of phosphoric acid groups is 2. The fourth-order valence-corrected chi connectivity index (χ4v) is 12.9. The normalized spacial score (nSPS) is 14.7. The van der Waals surface area contributed by atoms with Gasteiger partial charge in [0.1, 0.15) is 25.4 Å². The molecule has 0 aromatic heterocycles. The average Bonchev–Trinajstić information content (AvgIpc) is 0.902. The predicted octanol–water partition coefficient (Wildman–Crippen LogP) is 25.8. The fraction of sp³-hybridized carbons (Fsp3) is 0.681. The summed E-state index contributed by atoms with van der Waals surface area (Å²) in [5, 5.41) is 20.7. The Bertz CT molecular complexity index is 2610. The van der Waals surface area contributed by atoms with Crippen LogP contribution < -0.4 is 0 Å². The van der Waals surface area contributed by atoms with Gasteiger partial charge in [-0.05, 0) is 148 Å². The molecule has 0 bridgehead atoms. The highest BCUT2D eigenvalue weighted by molar-refractivity contribution is 7.47. The number of carbonyl (C=O) groups is 3. The van der Waals surface area contributed by atoms with E-state index in [2.05, 4.69) is 179 Å². The van der Waals surface area contributed by atoms with Gasteiger partial charge in [-0.1, -0.05) is 333 Å². The maximum absolute atomic E-state index is 13.0. The summed E-state index contributed by atoms with van der Waals surface area (Å²) in [4.78, 5) is 58.8. The summed E-state index contributed by atoms with van der Waals surface area (Å²) in [5.41, 5.74) is 0. The van der Waals surface area contributed by atoms with E-state index < -0.39 is 91.5 Å². The van der Waals surface area contributed by atoms with Gasteiger partial charge in [0.25, 0.3) is 0 Å². The lowest BCUT2D eigenvalue weighted by Gasteiger charge is -2.21. The van der Waals surface area contributed by atoms with Crippen molar-refractivity contribution in [3.63, 3.8) is 0 Å². The first-order valence-corrected chi connectivity index (χ1v) is 45.8. The summed E-state index contributed by atoms with van der Waals surface area (Å²) in [7, 11) is -9.81. The Balaban J connectivity index is 4.58. The van der Waals surface area contributed by atoms with Gasteiger partial charge >= 0.3 is 33.6 Å². The van der Waals surface area contributed by atoms with Crippen LogP contribution in [0.5, 0.6) is 0 Å². The highest BCUT2D eigenvalue weighted by Gasteiger charge is 2.29. The molecule has 0 spiro atoms. The first kappa shape index (κ1) is 104. The zero-order valence-electron chi connectivity index (χ0n) is 68.4. The maximum Gasteiger partial charge on any atom is 0.472 e. The van der Waals surface area contributed by atoms with Crippen molar-refractivity contribution in [3.05, 3.63) is 158 Å². The van der Waals surface area contributed by atoms with Crippen LogP contribution in [0, 0.1) is 0 Å². The summed E-state index contributed by atoms with van der Waals surface area (Å²) >= 11 is 0. The van der Waals surface area contributed by atoms with E-state index in [0.717, 1.165) is 161 Å². The van der Waals surface area contributed by atoms with Gasteiger partial charge < -0.3 is 34.2 Å². The Labute approximate surface area is 663 Å². The number of aliphatic hydroxyl groups is 2. The molecule has 5 atom stereocenters. The van der Waals surface area contributed by atoms with Crippen LogP contribution >= 0.6 is 15.6 Å². The van der Waals surface area contributed by atoms with Crippen molar-refractivity contribution >= 4 is 33.6 Å². The predicted molar refractivity (Wildman–Crippen MR) is 454 cm³/mol. The van der Waals surface area contributed by atoms with Gasteiger partial charge in [-0.3, -0.25) is 32.5 Å². The second-order valence-electron chi connectivity index (χ2n) is 28.2. The number of aliphatic hydroxyl groups excluding tert-OH is 2. The zero-order chi connectivity index (χ0) is 79.4. The first-order chi connectivity index (χ1) is 53.2. The molecular formula is C91H154O16P2. The summed E-state index contributed by atoms with van der Waals surface area (Å²) in [5.74, 6) is -1.60. The summed E-state index contributed by atoms with van der Waals surface area (Å²) in [6.07, 6.45) is 104. The van der Waals surface area contributed by atoms with E-state index >= 15 is 0 Å². The summed E-state index contributed by atoms with van der Waals surface area (Å²) < 4.78 is 61.3. The quantitative estimate of drug-likeness (QED) is 0.0146. The SMILES string of the molecule is CC/C=C\C/C=C\C/C=C\C/C=C\C/C=C\CCCCCCCCCCCCCCCC(=O)OCC(O)COP(=O)(O)OCC(O)COP(=O)(O)OCC(COC(=O)CCCCCCCCCCCCC/C=C\C/C=C\C/C=C\C/C=C\CCCCC)OC(=O)CCCCCC/C=C\C/C=C\C/C=C\C/C=C\CC. The van der Waals surface area contributed by atoms with Crippen LogP contribution in [-0.2, 0) is 55.8 Å². The molecule has 4 N–H and O–H groups in total. The lowest BCUT2D eigenvalue weighted by Crippen LogP contribution is -2.30. The van der Waals surface area contributed by atoms with E-state index in [0.29, 0.717) is 19.3 Å². The molecule has 0 fully saturated rings. The average molecular weight is 1570 g/mol. The molecule has 109 heavy (non-hydrogen) atoms. The Morgan fingerprint density at radius 1 is 0.266 bits per heavy atom. The lowest BCUT2D eigenvalue weighted by molar-refractivity contribution is -0.161. The molecule has 624 valence electrons. The van der Waals surface area contributed by atoms with Gasteiger partial charge in [0.2, 0.25) is 0 Å². The van der Waals surface area contributed by atoms with Crippen molar-refractivity contribution in [2.24, 2.45) is 0 Å². The monoisotopic (exact) mass is 1570 g/mol. The van der Waals surface area contributed by atoms with E-state index in [4.69, 9.17) is 32.3 Å². The highest BCUT2D eigenvalue weighted by atomic mass is 31.2. The summed E-state index contributed by atoms with van der Waals surface area (Å²) in [6, 6.07) is 0. The Morgan fingerprint density at radius 3 is 0.771 bits per heavy atom. The van der Waals surface area contributed by atoms with E-state index in [-0.39, 0.29) is 19.3 Å². The highest BCUT2D eigenvalue weighted by Crippen LogP contribution is 2.45. The molecule has 0 radical (unpaired) electrons. The number of hydrogen-bond acceptors (Lipinski definition) is 14. The largest absolute Gasteiger partial charge is 0.472 e. The number of unbranched alkanes of at least 4 members (excludes halogenated alkanes) is 31. The Hall–Kier alpha value is -4.83. The Morgan fingerprint density at radius 2 is 0.486 bits per heavy atom. The molecule has 0 aliphatic rings. The third kappa shape index (κ3) is 83.9. The second-order valence-corrected chi connectivity index (χ2v) is 31.1. The zero-order valence-corrected chi connectivity index (χ0v) is 70.2. The van der Waals surface area contributed by atoms with Gasteiger partial charge in [0.15, 0.2) is 6.10 Å². The molecule has 16 nitrogen and oxygen atoms in total. The molecular weight excluding hydrogens is 1410 g/mol. The minimum atomic E-state index is -4.95. The number of hydrogen-bond donors (Lipinski definition) is 4. The van der Waals surface area contributed by atoms with Crippen LogP contribution in [0.1, 0.15) is 342 Å². The minimum Gasteiger partial charge on any atom is -0.463 e. The molecule has 0 amide bonds. The van der Waals surface area contributed by atoms with Gasteiger partial charge in [-0.25, -0.2) is 9.13 Å². The molecule has 5 unspecified atom stereocenters. The van der Waals surface area contributed by atoms with E-state index in [1.54, 1.807) is 0 Å².